The lowest BCUT2D eigenvalue weighted by atomic mass is 9.78. The van der Waals surface area contributed by atoms with Gasteiger partial charge in [-0.05, 0) is 36.8 Å². The van der Waals surface area contributed by atoms with Crippen LogP contribution in [-0.4, -0.2) is 49.5 Å². The van der Waals surface area contributed by atoms with Crippen LogP contribution in [0.25, 0.3) is 0 Å². The lowest BCUT2D eigenvalue weighted by Crippen LogP contribution is -2.47. The molecule has 1 aliphatic heterocycles. The minimum atomic E-state index is 0. The summed E-state index contributed by atoms with van der Waals surface area (Å²) in [4.78, 5) is 19.0. The van der Waals surface area contributed by atoms with E-state index in [9.17, 15) is 4.79 Å². The Balaban J connectivity index is 0.00000210. The van der Waals surface area contributed by atoms with Crippen molar-refractivity contribution in [3.8, 4) is 0 Å². The van der Waals surface area contributed by atoms with E-state index in [0.29, 0.717) is 17.9 Å². The van der Waals surface area contributed by atoms with Crippen LogP contribution in [0.2, 0.25) is 0 Å². The number of carbonyl (C=O) groups is 1. The molecule has 2 atom stereocenters. The molecule has 0 spiro atoms. The van der Waals surface area contributed by atoms with E-state index in [1.807, 2.05) is 7.05 Å². The largest absolute Gasteiger partial charge is 0.356 e. The molecular weight excluding hydrogens is 451 g/mol. The summed E-state index contributed by atoms with van der Waals surface area (Å²) in [6.07, 6.45) is 6.75. The van der Waals surface area contributed by atoms with E-state index in [2.05, 4.69) is 44.8 Å². The van der Waals surface area contributed by atoms with Crippen LogP contribution in [0.1, 0.15) is 49.1 Å². The van der Waals surface area contributed by atoms with Gasteiger partial charge in [-0.15, -0.1) is 24.0 Å². The Morgan fingerprint density at radius 3 is 2.74 bits per heavy atom. The van der Waals surface area contributed by atoms with Crippen molar-refractivity contribution in [3.63, 3.8) is 0 Å². The molecule has 1 heterocycles. The number of hydrogen-bond donors (Lipinski definition) is 2. The van der Waals surface area contributed by atoms with Crippen molar-refractivity contribution in [1.29, 1.82) is 0 Å². The Morgan fingerprint density at radius 2 is 2.00 bits per heavy atom. The monoisotopic (exact) mass is 482 g/mol. The fraction of sp³-hybridized carbons (Fsp3) is 0.619. The van der Waals surface area contributed by atoms with Gasteiger partial charge in [-0.2, -0.15) is 0 Å². The molecule has 1 saturated heterocycles. The van der Waals surface area contributed by atoms with Gasteiger partial charge in [0.05, 0.1) is 0 Å². The van der Waals surface area contributed by atoms with Crippen molar-refractivity contribution in [2.45, 2.75) is 50.5 Å². The second kappa shape index (κ2) is 9.26. The minimum absolute atomic E-state index is 0. The Morgan fingerprint density at radius 1 is 1.22 bits per heavy atom. The molecule has 0 aromatic heterocycles. The number of nitrogens with one attached hydrogen (secondary N) is 2. The number of guanidine groups is 1. The van der Waals surface area contributed by atoms with E-state index < -0.39 is 0 Å². The molecule has 27 heavy (non-hydrogen) atoms. The minimum Gasteiger partial charge on any atom is -0.356 e. The predicted octanol–water partition coefficient (Wildman–Crippen LogP) is 2.90. The van der Waals surface area contributed by atoms with Gasteiger partial charge >= 0.3 is 0 Å². The highest BCUT2D eigenvalue weighted by molar-refractivity contribution is 14.0. The molecular formula is C21H31IN4O. The van der Waals surface area contributed by atoms with Gasteiger partial charge in [0.15, 0.2) is 5.96 Å². The summed E-state index contributed by atoms with van der Waals surface area (Å²) < 4.78 is 0. The fourth-order valence-electron chi connectivity index (χ4n) is 4.66. The Kier molecular flexibility index (Phi) is 7.00. The summed E-state index contributed by atoms with van der Waals surface area (Å²) in [7, 11) is 1.82. The molecule has 2 N–H and O–H groups in total. The summed E-state index contributed by atoms with van der Waals surface area (Å²) >= 11 is 0. The highest BCUT2D eigenvalue weighted by Gasteiger charge is 2.32. The number of rotatable bonds is 4. The van der Waals surface area contributed by atoms with E-state index in [1.54, 1.807) is 0 Å². The summed E-state index contributed by atoms with van der Waals surface area (Å²) in [5.41, 5.74) is 2.93. The summed E-state index contributed by atoms with van der Waals surface area (Å²) in [5.74, 6) is 2.09. The van der Waals surface area contributed by atoms with Crippen LogP contribution in [0, 0.1) is 5.92 Å². The number of amides is 1. The molecule has 3 aliphatic rings. The lowest BCUT2D eigenvalue weighted by molar-refractivity contribution is -0.134. The third-order valence-corrected chi connectivity index (χ3v) is 6.25. The molecule has 5 nitrogen and oxygen atoms in total. The third kappa shape index (κ3) is 4.58. The van der Waals surface area contributed by atoms with Crippen LogP contribution in [0.15, 0.2) is 29.3 Å². The maximum Gasteiger partial charge on any atom is 0.225 e. The number of nitrogens with zero attached hydrogens (tertiary/aromatic N) is 2. The zero-order valence-electron chi connectivity index (χ0n) is 16.1. The average Bonchev–Trinajstić information content (AvgIpc) is 3.33. The zero-order chi connectivity index (χ0) is 17.9. The number of benzene rings is 1. The number of aliphatic imine (C=N–C) groups is 1. The quantitative estimate of drug-likeness (QED) is 0.394. The molecule has 1 amide bonds. The van der Waals surface area contributed by atoms with Crippen LogP contribution in [-0.2, 0) is 11.2 Å². The van der Waals surface area contributed by atoms with Crippen LogP contribution < -0.4 is 10.6 Å². The highest BCUT2D eigenvalue weighted by atomic mass is 127. The number of fused-ring (bicyclic) bond motifs is 1. The van der Waals surface area contributed by atoms with Gasteiger partial charge in [0.25, 0.3) is 0 Å². The molecule has 2 unspecified atom stereocenters. The van der Waals surface area contributed by atoms with Gasteiger partial charge in [-0.1, -0.05) is 37.1 Å². The van der Waals surface area contributed by atoms with Crippen LogP contribution in [0.4, 0.5) is 0 Å². The van der Waals surface area contributed by atoms with Gasteiger partial charge in [0, 0.05) is 44.6 Å². The van der Waals surface area contributed by atoms with Crippen LogP contribution in [0.5, 0.6) is 0 Å². The van der Waals surface area contributed by atoms with Crippen LogP contribution >= 0.6 is 24.0 Å². The van der Waals surface area contributed by atoms with Crippen molar-refractivity contribution in [1.82, 2.24) is 15.5 Å². The molecule has 2 aliphatic carbocycles. The number of likely N-dealkylation sites (tertiary alicyclic amines) is 1. The third-order valence-electron chi connectivity index (χ3n) is 6.25. The Bertz CT molecular complexity index is 687. The molecule has 1 aromatic carbocycles. The highest BCUT2D eigenvalue weighted by Crippen LogP contribution is 2.34. The lowest BCUT2D eigenvalue weighted by Gasteiger charge is -2.31. The van der Waals surface area contributed by atoms with Crippen molar-refractivity contribution >= 4 is 35.8 Å². The van der Waals surface area contributed by atoms with Crippen molar-refractivity contribution in [2.75, 3.05) is 26.7 Å². The Hall–Kier alpha value is -1.31. The predicted molar refractivity (Wildman–Crippen MR) is 120 cm³/mol. The van der Waals surface area contributed by atoms with E-state index in [4.69, 9.17) is 0 Å². The summed E-state index contributed by atoms with van der Waals surface area (Å²) in [5, 5.41) is 6.99. The van der Waals surface area contributed by atoms with E-state index in [1.165, 1.54) is 24.0 Å². The second-order valence-electron chi connectivity index (χ2n) is 7.95. The molecule has 0 bridgehead atoms. The normalized spacial score (nSPS) is 24.8. The molecule has 2 fully saturated rings. The first kappa shape index (κ1) is 20.4. The average molecular weight is 482 g/mol. The number of halogens is 1. The van der Waals surface area contributed by atoms with Gasteiger partial charge in [-0.3, -0.25) is 9.79 Å². The summed E-state index contributed by atoms with van der Waals surface area (Å²) in [6.45, 7) is 2.59. The first-order valence-electron chi connectivity index (χ1n) is 10.1. The molecule has 6 heteroatoms. The van der Waals surface area contributed by atoms with Gasteiger partial charge in [0.2, 0.25) is 5.91 Å². The van der Waals surface area contributed by atoms with E-state index >= 15 is 0 Å². The molecule has 4 rings (SSSR count). The second-order valence-corrected chi connectivity index (χ2v) is 7.95. The molecule has 0 radical (unpaired) electrons. The van der Waals surface area contributed by atoms with E-state index in [-0.39, 0.29) is 29.9 Å². The van der Waals surface area contributed by atoms with Crippen LogP contribution in [0.3, 0.4) is 0 Å². The maximum atomic E-state index is 12.6. The fourth-order valence-corrected chi connectivity index (χ4v) is 4.66. The first-order chi connectivity index (χ1) is 12.7. The topological polar surface area (TPSA) is 56.7 Å². The van der Waals surface area contributed by atoms with Crippen molar-refractivity contribution < 1.29 is 4.79 Å². The molecule has 1 saturated carbocycles. The summed E-state index contributed by atoms with van der Waals surface area (Å²) in [6, 6.07) is 8.98. The molecule has 1 aromatic rings. The Labute approximate surface area is 179 Å². The SMILES string of the molecule is CN=C(NCC1Cc2ccccc21)NC1CCN(C(=O)C2CCCC2)C1.I. The maximum absolute atomic E-state index is 12.6. The standard InChI is InChI=1S/C21H30N4O.HI/c1-22-21(23-13-17-12-16-8-4-5-9-19(16)17)24-18-10-11-25(14-18)20(26)15-6-2-3-7-15;/h4-5,8-9,15,17-18H,2-3,6-7,10-14H2,1H3,(H2,22,23,24);1H. The van der Waals surface area contributed by atoms with Gasteiger partial charge < -0.3 is 15.5 Å². The molecule has 148 valence electrons. The van der Waals surface area contributed by atoms with Crippen molar-refractivity contribution in [3.05, 3.63) is 35.4 Å². The van der Waals surface area contributed by atoms with E-state index in [0.717, 1.165) is 51.3 Å². The van der Waals surface area contributed by atoms with Crippen molar-refractivity contribution in [2.24, 2.45) is 10.9 Å². The van der Waals surface area contributed by atoms with Gasteiger partial charge in [-0.25, -0.2) is 0 Å². The smallest absolute Gasteiger partial charge is 0.225 e. The van der Waals surface area contributed by atoms with Gasteiger partial charge in [0.1, 0.15) is 0 Å². The number of hydrogen-bond acceptors (Lipinski definition) is 2. The zero-order valence-corrected chi connectivity index (χ0v) is 18.4. The first-order valence-corrected chi connectivity index (χ1v) is 10.1. The number of carbonyl (C=O) groups excluding carboxylic acids is 1.